The van der Waals surface area contributed by atoms with E-state index in [-0.39, 0.29) is 31.1 Å². The molecule has 0 aliphatic carbocycles. The molecular formula is C51H88O6. The van der Waals surface area contributed by atoms with Gasteiger partial charge in [-0.25, -0.2) is 0 Å². The lowest BCUT2D eigenvalue weighted by atomic mass is 10.0. The van der Waals surface area contributed by atoms with E-state index in [0.717, 1.165) is 96.3 Å². The van der Waals surface area contributed by atoms with Crippen LogP contribution in [0.3, 0.4) is 0 Å². The van der Waals surface area contributed by atoms with Crippen molar-refractivity contribution >= 4 is 17.9 Å². The molecule has 6 nitrogen and oxygen atoms in total. The third-order valence-corrected chi connectivity index (χ3v) is 10.1. The summed E-state index contributed by atoms with van der Waals surface area (Å²) in [5, 5.41) is 0. The number of ether oxygens (including phenoxy) is 3. The van der Waals surface area contributed by atoms with Gasteiger partial charge in [-0.15, -0.1) is 0 Å². The molecule has 0 aromatic heterocycles. The molecule has 0 aromatic carbocycles. The summed E-state index contributed by atoms with van der Waals surface area (Å²) in [5.41, 5.74) is 0. The first-order valence-electron chi connectivity index (χ1n) is 23.8. The Labute approximate surface area is 351 Å². The fourth-order valence-corrected chi connectivity index (χ4v) is 6.54. The summed E-state index contributed by atoms with van der Waals surface area (Å²) in [7, 11) is 0. The second-order valence-electron chi connectivity index (χ2n) is 15.7. The van der Waals surface area contributed by atoms with Gasteiger partial charge in [-0.05, 0) is 64.2 Å². The molecule has 0 amide bonds. The minimum absolute atomic E-state index is 0.0916. The normalized spacial score (nSPS) is 12.5. The predicted octanol–water partition coefficient (Wildman–Crippen LogP) is 15.3. The Morgan fingerprint density at radius 3 is 1.28 bits per heavy atom. The molecule has 0 radical (unpaired) electrons. The van der Waals surface area contributed by atoms with Gasteiger partial charge in [0.25, 0.3) is 0 Å². The van der Waals surface area contributed by atoms with E-state index in [1.54, 1.807) is 0 Å². The van der Waals surface area contributed by atoms with Crippen LogP contribution in [0.5, 0.6) is 0 Å². The van der Waals surface area contributed by atoms with Gasteiger partial charge in [-0.1, -0.05) is 204 Å². The van der Waals surface area contributed by atoms with E-state index in [1.807, 2.05) is 0 Å². The SMILES string of the molecule is CC\C=C/C=C\C=C/CCCCCCCC(=O)OC(COC(=O)CCCC/C=C\C/C=C\CC)COC(=O)CCCCCCCCCCCCCCCCCCC. The number of hydrogen-bond donors (Lipinski definition) is 0. The summed E-state index contributed by atoms with van der Waals surface area (Å²) >= 11 is 0. The zero-order valence-corrected chi connectivity index (χ0v) is 37.3. The van der Waals surface area contributed by atoms with Crippen molar-refractivity contribution in [3.63, 3.8) is 0 Å². The van der Waals surface area contributed by atoms with Crippen molar-refractivity contribution in [1.29, 1.82) is 0 Å². The fourth-order valence-electron chi connectivity index (χ4n) is 6.54. The standard InChI is InChI=1S/C51H88O6/c1-4-7-10-13-16-19-21-23-24-25-26-28-29-32-35-38-41-44-50(53)56-47-48(46-55-49(52)43-40-37-34-31-18-15-12-9-6-3)57-51(54)45-42-39-36-33-30-27-22-20-17-14-11-8-5-2/h8-9,11-12,14,17-18,20,22,31,48H,4-7,10,13,15-16,19,21,23-30,32-47H2,1-3H3/b11-8-,12-9-,17-14-,22-20-,31-18-. The van der Waals surface area contributed by atoms with Crippen molar-refractivity contribution < 1.29 is 28.6 Å². The summed E-state index contributed by atoms with van der Waals surface area (Å²) < 4.78 is 16.7. The minimum Gasteiger partial charge on any atom is -0.462 e. The van der Waals surface area contributed by atoms with Crippen LogP contribution in [0, 0.1) is 0 Å². The number of allylic oxidation sites excluding steroid dienone is 10. The largest absolute Gasteiger partial charge is 0.462 e. The maximum Gasteiger partial charge on any atom is 0.306 e. The molecule has 0 bridgehead atoms. The van der Waals surface area contributed by atoms with Crippen molar-refractivity contribution in [3.8, 4) is 0 Å². The van der Waals surface area contributed by atoms with Crippen molar-refractivity contribution in [2.45, 2.75) is 232 Å². The number of carbonyl (C=O) groups excluding carboxylic acids is 3. The van der Waals surface area contributed by atoms with Gasteiger partial charge >= 0.3 is 17.9 Å². The molecule has 1 atom stereocenters. The fraction of sp³-hybridized carbons (Fsp3) is 0.745. The smallest absolute Gasteiger partial charge is 0.306 e. The van der Waals surface area contributed by atoms with Gasteiger partial charge in [-0.3, -0.25) is 14.4 Å². The second-order valence-corrected chi connectivity index (χ2v) is 15.7. The van der Waals surface area contributed by atoms with E-state index < -0.39 is 6.10 Å². The molecule has 328 valence electrons. The van der Waals surface area contributed by atoms with E-state index in [0.29, 0.717) is 19.3 Å². The monoisotopic (exact) mass is 797 g/mol. The van der Waals surface area contributed by atoms with E-state index in [1.165, 1.54) is 89.9 Å². The lowest BCUT2D eigenvalue weighted by Crippen LogP contribution is -2.30. The average molecular weight is 797 g/mol. The molecule has 0 heterocycles. The molecule has 1 unspecified atom stereocenters. The van der Waals surface area contributed by atoms with Gasteiger partial charge in [0.15, 0.2) is 6.10 Å². The third kappa shape index (κ3) is 44.1. The Balaban J connectivity index is 4.34. The van der Waals surface area contributed by atoms with Gasteiger partial charge < -0.3 is 14.2 Å². The van der Waals surface area contributed by atoms with Crippen LogP contribution in [0.2, 0.25) is 0 Å². The average Bonchev–Trinajstić information content (AvgIpc) is 3.21. The highest BCUT2D eigenvalue weighted by Crippen LogP contribution is 2.15. The third-order valence-electron chi connectivity index (χ3n) is 10.1. The van der Waals surface area contributed by atoms with E-state index >= 15 is 0 Å². The second kappa shape index (κ2) is 45.8. The van der Waals surface area contributed by atoms with Gasteiger partial charge in [-0.2, -0.15) is 0 Å². The van der Waals surface area contributed by atoms with Crippen molar-refractivity contribution in [3.05, 3.63) is 60.8 Å². The summed E-state index contributed by atoms with van der Waals surface area (Å²) in [5.74, 6) is -0.951. The number of carbonyl (C=O) groups is 3. The molecule has 0 aromatic rings. The van der Waals surface area contributed by atoms with Gasteiger partial charge in [0, 0.05) is 19.3 Å². The van der Waals surface area contributed by atoms with Crippen LogP contribution in [0.4, 0.5) is 0 Å². The van der Waals surface area contributed by atoms with Crippen LogP contribution in [0.1, 0.15) is 226 Å². The molecule has 0 saturated heterocycles. The first-order valence-corrected chi connectivity index (χ1v) is 23.8. The highest BCUT2D eigenvalue weighted by Gasteiger charge is 2.19. The van der Waals surface area contributed by atoms with Gasteiger partial charge in [0.2, 0.25) is 0 Å². The van der Waals surface area contributed by atoms with E-state index in [2.05, 4.69) is 81.5 Å². The molecule has 0 aliphatic heterocycles. The number of hydrogen-bond acceptors (Lipinski definition) is 6. The Morgan fingerprint density at radius 1 is 0.386 bits per heavy atom. The molecule has 0 saturated carbocycles. The molecule has 0 spiro atoms. The van der Waals surface area contributed by atoms with Crippen molar-refractivity contribution in [1.82, 2.24) is 0 Å². The summed E-state index contributed by atoms with van der Waals surface area (Å²) in [4.78, 5) is 37.7. The molecule has 6 heteroatoms. The number of unbranched alkanes of at least 4 members (excludes halogenated alkanes) is 23. The Bertz CT molecular complexity index is 1050. The van der Waals surface area contributed by atoms with Crippen LogP contribution < -0.4 is 0 Å². The lowest BCUT2D eigenvalue weighted by Gasteiger charge is -2.18. The summed E-state index contributed by atoms with van der Waals surface area (Å²) in [6.45, 7) is 6.33. The van der Waals surface area contributed by atoms with Crippen molar-refractivity contribution in [2.24, 2.45) is 0 Å². The molecule has 0 fully saturated rings. The molecule has 0 N–H and O–H groups in total. The van der Waals surface area contributed by atoms with Gasteiger partial charge in [0.05, 0.1) is 0 Å². The van der Waals surface area contributed by atoms with Crippen LogP contribution in [-0.2, 0) is 28.6 Å². The zero-order chi connectivity index (χ0) is 41.5. The maximum atomic E-state index is 12.7. The highest BCUT2D eigenvalue weighted by atomic mass is 16.6. The maximum absolute atomic E-state index is 12.7. The van der Waals surface area contributed by atoms with Crippen LogP contribution in [0.25, 0.3) is 0 Å². The zero-order valence-electron chi connectivity index (χ0n) is 37.3. The minimum atomic E-state index is -0.793. The van der Waals surface area contributed by atoms with Crippen LogP contribution in [-0.4, -0.2) is 37.2 Å². The molecule has 57 heavy (non-hydrogen) atoms. The molecule has 0 rings (SSSR count). The number of rotatable bonds is 42. The van der Waals surface area contributed by atoms with E-state index in [4.69, 9.17) is 14.2 Å². The lowest BCUT2D eigenvalue weighted by molar-refractivity contribution is -0.167. The van der Waals surface area contributed by atoms with Crippen molar-refractivity contribution in [2.75, 3.05) is 13.2 Å². The van der Waals surface area contributed by atoms with Gasteiger partial charge in [0.1, 0.15) is 13.2 Å². The Morgan fingerprint density at radius 2 is 0.772 bits per heavy atom. The summed E-state index contributed by atoms with van der Waals surface area (Å²) in [6, 6.07) is 0. The molecule has 0 aliphatic rings. The Hall–Kier alpha value is -2.89. The Kier molecular flexibility index (Phi) is 43.5. The van der Waals surface area contributed by atoms with E-state index in [9.17, 15) is 14.4 Å². The predicted molar refractivity (Wildman–Crippen MR) is 242 cm³/mol. The summed E-state index contributed by atoms with van der Waals surface area (Å²) in [6.07, 6.45) is 55.1. The van der Waals surface area contributed by atoms with Crippen LogP contribution in [0.15, 0.2) is 60.8 Å². The number of esters is 3. The quantitative estimate of drug-likeness (QED) is 0.0201. The first-order chi connectivity index (χ1) is 28.0. The molecular weight excluding hydrogens is 709 g/mol. The first kappa shape index (κ1) is 54.1. The highest BCUT2D eigenvalue weighted by molar-refractivity contribution is 5.71. The topological polar surface area (TPSA) is 78.9 Å². The van der Waals surface area contributed by atoms with Crippen LogP contribution >= 0.6 is 0 Å².